The summed E-state index contributed by atoms with van der Waals surface area (Å²) in [4.78, 5) is 25.8. The summed E-state index contributed by atoms with van der Waals surface area (Å²) in [5, 5.41) is 7.19. The van der Waals surface area contributed by atoms with Crippen molar-refractivity contribution in [2.45, 2.75) is 24.9 Å². The van der Waals surface area contributed by atoms with Crippen LogP contribution >= 0.6 is 12.2 Å². The van der Waals surface area contributed by atoms with Gasteiger partial charge in [-0.25, -0.2) is 0 Å². The molecule has 0 bridgehead atoms. The number of rotatable bonds is 9. The van der Waals surface area contributed by atoms with Crippen LogP contribution in [0.15, 0.2) is 67.3 Å². The lowest BCUT2D eigenvalue weighted by molar-refractivity contribution is -0.127. The highest BCUT2D eigenvalue weighted by atomic mass is 32.1. The van der Waals surface area contributed by atoms with Gasteiger partial charge in [0.05, 0.1) is 0 Å². The first-order chi connectivity index (χ1) is 13.5. The maximum Gasteiger partial charge on any atom is 0.252 e. The van der Waals surface area contributed by atoms with Gasteiger partial charge in [-0.3, -0.25) is 9.59 Å². The Morgan fingerprint density at radius 1 is 1.11 bits per heavy atom. The van der Waals surface area contributed by atoms with Crippen molar-refractivity contribution in [2.75, 3.05) is 0 Å². The summed E-state index contributed by atoms with van der Waals surface area (Å²) in [6, 6.07) is 16.2. The summed E-state index contributed by atoms with van der Waals surface area (Å²) in [5.41, 5.74) is 0.836. The summed E-state index contributed by atoms with van der Waals surface area (Å²) in [6.07, 6.45) is 7.39. The molecule has 0 aliphatic carbocycles. The third-order valence-electron chi connectivity index (χ3n) is 4.32. The lowest BCUT2D eigenvalue weighted by atomic mass is 9.90. The molecule has 2 aromatic rings. The van der Waals surface area contributed by atoms with Crippen LogP contribution in [-0.4, -0.2) is 22.7 Å². The molecule has 2 amide bonds. The molecule has 0 aliphatic rings. The molecule has 4 nitrogen and oxygen atoms in total. The van der Waals surface area contributed by atoms with Gasteiger partial charge in [0.25, 0.3) is 5.91 Å². The molecule has 0 saturated heterocycles. The first-order valence-corrected chi connectivity index (χ1v) is 9.28. The van der Waals surface area contributed by atoms with Crippen LogP contribution in [0.25, 0.3) is 0 Å². The standard InChI is InChI=1S/C23H22N2O2S/c1-3-14-23(15-16-28,22(27)24-17-19-8-6-5-7-9-19)25-21(26)20-12-10-18(4-2)11-13-20/h2-3,5-13,16H,1,14-15,17H2,(H,24,27)(H,25,26). The van der Waals surface area contributed by atoms with Crippen molar-refractivity contribution in [1.29, 1.82) is 0 Å². The van der Waals surface area contributed by atoms with Gasteiger partial charge in [-0.15, -0.1) is 13.0 Å². The fourth-order valence-corrected chi connectivity index (χ4v) is 3.06. The number of carbonyl (C=O) groups is 2. The minimum absolute atomic E-state index is 0.198. The second-order valence-electron chi connectivity index (χ2n) is 6.29. The zero-order chi connectivity index (χ0) is 20.4. The van der Waals surface area contributed by atoms with Crippen LogP contribution in [-0.2, 0) is 11.3 Å². The summed E-state index contributed by atoms with van der Waals surface area (Å²) < 4.78 is 0. The molecule has 2 aromatic carbocycles. The van der Waals surface area contributed by atoms with Gasteiger partial charge >= 0.3 is 0 Å². The first-order valence-electron chi connectivity index (χ1n) is 8.80. The van der Waals surface area contributed by atoms with Crippen LogP contribution in [0.2, 0.25) is 0 Å². The van der Waals surface area contributed by atoms with Crippen molar-refractivity contribution in [3.63, 3.8) is 0 Å². The molecule has 0 saturated carbocycles. The van der Waals surface area contributed by atoms with E-state index in [-0.39, 0.29) is 24.7 Å². The van der Waals surface area contributed by atoms with Crippen LogP contribution in [0.1, 0.15) is 34.3 Å². The van der Waals surface area contributed by atoms with E-state index in [1.165, 1.54) is 5.37 Å². The maximum absolute atomic E-state index is 13.0. The Kier molecular flexibility index (Phi) is 7.67. The lowest BCUT2D eigenvalue weighted by Crippen LogP contribution is -2.58. The monoisotopic (exact) mass is 390 g/mol. The Bertz CT molecular complexity index is 873. The maximum atomic E-state index is 13.0. The fourth-order valence-electron chi connectivity index (χ4n) is 2.77. The van der Waals surface area contributed by atoms with Gasteiger partial charge in [-0.05, 0) is 41.6 Å². The molecule has 28 heavy (non-hydrogen) atoms. The van der Waals surface area contributed by atoms with Gasteiger partial charge < -0.3 is 10.6 Å². The van der Waals surface area contributed by atoms with E-state index in [1.807, 2.05) is 30.3 Å². The lowest BCUT2D eigenvalue weighted by Gasteiger charge is -2.31. The van der Waals surface area contributed by atoms with Crippen LogP contribution < -0.4 is 10.6 Å². The minimum Gasteiger partial charge on any atom is -0.350 e. The van der Waals surface area contributed by atoms with Gasteiger partial charge in [0.15, 0.2) is 0 Å². The van der Waals surface area contributed by atoms with E-state index in [9.17, 15) is 9.59 Å². The molecule has 0 heterocycles. The van der Waals surface area contributed by atoms with Crippen LogP contribution in [0.3, 0.4) is 0 Å². The number of hydrogen-bond donors (Lipinski definition) is 2. The number of benzene rings is 2. The predicted molar refractivity (Wildman–Crippen MR) is 116 cm³/mol. The van der Waals surface area contributed by atoms with E-state index in [2.05, 4.69) is 23.1 Å². The Labute approximate surface area is 171 Å². The van der Waals surface area contributed by atoms with E-state index in [0.717, 1.165) is 5.56 Å². The molecule has 2 rings (SSSR count). The number of hydrogen-bond acceptors (Lipinski definition) is 3. The second kappa shape index (κ2) is 10.2. The Morgan fingerprint density at radius 3 is 2.36 bits per heavy atom. The Balaban J connectivity index is 2.21. The summed E-state index contributed by atoms with van der Waals surface area (Å²) in [6.45, 7) is 4.08. The van der Waals surface area contributed by atoms with E-state index in [0.29, 0.717) is 17.7 Å². The molecule has 0 aromatic heterocycles. The van der Waals surface area contributed by atoms with E-state index < -0.39 is 5.54 Å². The number of terminal acetylenes is 1. The number of amides is 2. The molecule has 142 valence electrons. The summed E-state index contributed by atoms with van der Waals surface area (Å²) in [7, 11) is 0. The summed E-state index contributed by atoms with van der Waals surface area (Å²) >= 11 is 5.00. The molecular weight excluding hydrogens is 368 g/mol. The van der Waals surface area contributed by atoms with Gasteiger partial charge in [-0.1, -0.05) is 54.5 Å². The van der Waals surface area contributed by atoms with Crippen LogP contribution in [0, 0.1) is 12.3 Å². The van der Waals surface area contributed by atoms with E-state index in [1.54, 1.807) is 30.3 Å². The van der Waals surface area contributed by atoms with Crippen molar-refractivity contribution >= 4 is 29.4 Å². The zero-order valence-electron chi connectivity index (χ0n) is 15.5. The number of nitrogens with one attached hydrogen (secondary N) is 2. The van der Waals surface area contributed by atoms with Crippen molar-refractivity contribution in [2.24, 2.45) is 0 Å². The molecule has 2 N–H and O–H groups in total. The molecule has 0 radical (unpaired) electrons. The topological polar surface area (TPSA) is 58.2 Å². The van der Waals surface area contributed by atoms with Crippen molar-refractivity contribution in [3.8, 4) is 12.3 Å². The van der Waals surface area contributed by atoms with Gasteiger partial charge in [0.2, 0.25) is 5.91 Å². The fraction of sp³-hybridized carbons (Fsp3) is 0.174. The molecule has 1 unspecified atom stereocenters. The van der Waals surface area contributed by atoms with Crippen LogP contribution in [0.4, 0.5) is 0 Å². The Morgan fingerprint density at radius 2 is 1.79 bits per heavy atom. The third kappa shape index (κ3) is 5.38. The molecule has 0 fully saturated rings. The molecular formula is C23H22N2O2S. The van der Waals surface area contributed by atoms with Crippen LogP contribution in [0.5, 0.6) is 0 Å². The molecule has 0 aliphatic heterocycles. The predicted octanol–water partition coefficient (Wildman–Crippen LogP) is 3.42. The van der Waals surface area contributed by atoms with Gasteiger partial charge in [0.1, 0.15) is 5.54 Å². The third-order valence-corrected chi connectivity index (χ3v) is 4.49. The average Bonchev–Trinajstić information content (AvgIpc) is 2.73. The highest BCUT2D eigenvalue weighted by Crippen LogP contribution is 2.18. The molecule has 1 atom stereocenters. The Hall–Kier alpha value is -3.23. The molecule has 0 spiro atoms. The zero-order valence-corrected chi connectivity index (χ0v) is 16.3. The largest absolute Gasteiger partial charge is 0.350 e. The SMILES string of the molecule is C#Cc1ccc(C(=O)NC(CC=C)(CC=S)C(=O)NCc2ccccc2)cc1. The average molecular weight is 391 g/mol. The first kappa shape index (κ1) is 21.1. The smallest absolute Gasteiger partial charge is 0.252 e. The van der Waals surface area contributed by atoms with Gasteiger partial charge in [-0.2, -0.15) is 0 Å². The normalized spacial score (nSPS) is 12.1. The quantitative estimate of drug-likeness (QED) is 0.392. The van der Waals surface area contributed by atoms with Crippen molar-refractivity contribution in [3.05, 3.63) is 83.9 Å². The highest BCUT2D eigenvalue weighted by Gasteiger charge is 2.38. The highest BCUT2D eigenvalue weighted by molar-refractivity contribution is 7.79. The van der Waals surface area contributed by atoms with Crippen molar-refractivity contribution < 1.29 is 9.59 Å². The van der Waals surface area contributed by atoms with E-state index >= 15 is 0 Å². The number of thiocarbonyl (C=S) groups is 1. The second-order valence-corrected chi connectivity index (χ2v) is 6.62. The van der Waals surface area contributed by atoms with E-state index in [4.69, 9.17) is 18.6 Å². The minimum atomic E-state index is -1.21. The van der Waals surface area contributed by atoms with Crippen molar-refractivity contribution in [1.82, 2.24) is 10.6 Å². The summed E-state index contributed by atoms with van der Waals surface area (Å²) in [5.74, 6) is 1.81. The molecule has 5 heteroatoms. The number of carbonyl (C=O) groups excluding carboxylic acids is 2. The van der Waals surface area contributed by atoms with Gasteiger partial charge in [0, 0.05) is 24.1 Å².